The number of hydrogen-bond acceptors (Lipinski definition) is 4. The van der Waals surface area contributed by atoms with Gasteiger partial charge in [-0.05, 0) is 18.9 Å². The Hall–Kier alpha value is -1.62. The van der Waals surface area contributed by atoms with Gasteiger partial charge in [-0.2, -0.15) is 0 Å². The maximum absolute atomic E-state index is 12.1. The molecule has 1 aromatic rings. The Morgan fingerprint density at radius 3 is 3.00 bits per heavy atom. The van der Waals surface area contributed by atoms with Gasteiger partial charge in [0.15, 0.2) is 0 Å². The van der Waals surface area contributed by atoms with Crippen LogP contribution in [0.25, 0.3) is 0 Å². The molecule has 5 nitrogen and oxygen atoms in total. The van der Waals surface area contributed by atoms with E-state index in [1.165, 1.54) is 6.20 Å². The van der Waals surface area contributed by atoms with Crippen molar-refractivity contribution in [3.05, 3.63) is 23.9 Å². The summed E-state index contributed by atoms with van der Waals surface area (Å²) in [7, 11) is 3.33. The average molecular weight is 250 g/mol. The zero-order valence-corrected chi connectivity index (χ0v) is 10.8. The summed E-state index contributed by atoms with van der Waals surface area (Å²) in [4.78, 5) is 17.8. The maximum atomic E-state index is 12.1. The van der Waals surface area contributed by atoms with E-state index in [1.54, 1.807) is 31.2 Å². The number of rotatable bonds is 4. The molecule has 0 radical (unpaired) electrons. The molecule has 18 heavy (non-hydrogen) atoms. The zero-order valence-electron chi connectivity index (χ0n) is 10.8. The molecule has 98 valence electrons. The number of amides is 1. The van der Waals surface area contributed by atoms with Crippen LogP contribution in [0.2, 0.25) is 0 Å². The fourth-order valence-electron chi connectivity index (χ4n) is 2.02. The minimum absolute atomic E-state index is 0.0411. The molecule has 0 spiro atoms. The Bertz CT molecular complexity index is 399. The van der Waals surface area contributed by atoms with Crippen molar-refractivity contribution in [2.75, 3.05) is 27.3 Å². The third-order valence-electron chi connectivity index (χ3n) is 3.04. The zero-order chi connectivity index (χ0) is 13.0. The molecule has 0 N–H and O–H groups in total. The van der Waals surface area contributed by atoms with Gasteiger partial charge >= 0.3 is 0 Å². The number of hydrogen-bond donors (Lipinski definition) is 0. The molecule has 1 aliphatic rings. The van der Waals surface area contributed by atoms with E-state index >= 15 is 0 Å². The van der Waals surface area contributed by atoms with Gasteiger partial charge < -0.3 is 14.4 Å². The van der Waals surface area contributed by atoms with Crippen LogP contribution in [0.5, 0.6) is 5.88 Å². The minimum atomic E-state index is -0.0411. The molecule has 0 saturated carbocycles. The summed E-state index contributed by atoms with van der Waals surface area (Å²) in [6.45, 7) is 1.43. The van der Waals surface area contributed by atoms with E-state index in [2.05, 4.69) is 4.98 Å². The van der Waals surface area contributed by atoms with Gasteiger partial charge in [0.1, 0.15) is 0 Å². The SMILES string of the molecule is COc1ccc(C(=O)N(C)CC2CCCO2)cn1. The average Bonchev–Trinajstić information content (AvgIpc) is 2.91. The summed E-state index contributed by atoms with van der Waals surface area (Å²) in [6.07, 6.45) is 3.81. The van der Waals surface area contributed by atoms with Crippen molar-refractivity contribution in [2.45, 2.75) is 18.9 Å². The first kappa shape index (κ1) is 12.8. The highest BCUT2D eigenvalue weighted by atomic mass is 16.5. The van der Waals surface area contributed by atoms with Crippen LogP contribution in [-0.2, 0) is 4.74 Å². The van der Waals surface area contributed by atoms with Gasteiger partial charge in [0.2, 0.25) is 5.88 Å². The summed E-state index contributed by atoms with van der Waals surface area (Å²) < 4.78 is 10.5. The third kappa shape index (κ3) is 2.98. The molecule has 2 rings (SSSR count). The minimum Gasteiger partial charge on any atom is -0.481 e. The van der Waals surface area contributed by atoms with E-state index in [-0.39, 0.29) is 12.0 Å². The predicted octanol–water partition coefficient (Wildman–Crippen LogP) is 1.34. The maximum Gasteiger partial charge on any atom is 0.255 e. The van der Waals surface area contributed by atoms with Gasteiger partial charge in [-0.25, -0.2) is 4.98 Å². The second-order valence-corrected chi connectivity index (χ2v) is 4.41. The molecule has 1 aromatic heterocycles. The first-order chi connectivity index (χ1) is 8.70. The number of ether oxygens (including phenoxy) is 2. The quantitative estimate of drug-likeness (QED) is 0.809. The highest BCUT2D eigenvalue weighted by Crippen LogP contribution is 2.14. The Morgan fingerprint density at radius 2 is 2.44 bits per heavy atom. The number of carbonyl (C=O) groups excluding carboxylic acids is 1. The normalized spacial score (nSPS) is 18.7. The molecule has 2 heterocycles. The van der Waals surface area contributed by atoms with E-state index in [9.17, 15) is 4.79 Å². The second-order valence-electron chi connectivity index (χ2n) is 4.41. The van der Waals surface area contributed by atoms with Crippen molar-refractivity contribution in [3.8, 4) is 5.88 Å². The van der Waals surface area contributed by atoms with E-state index in [0.717, 1.165) is 19.4 Å². The number of likely N-dealkylation sites (N-methyl/N-ethyl adjacent to an activating group) is 1. The highest BCUT2D eigenvalue weighted by Gasteiger charge is 2.20. The van der Waals surface area contributed by atoms with Crippen LogP contribution < -0.4 is 4.74 Å². The molecule has 1 saturated heterocycles. The number of methoxy groups -OCH3 is 1. The Balaban J connectivity index is 1.95. The summed E-state index contributed by atoms with van der Waals surface area (Å²) in [5, 5.41) is 0. The number of nitrogens with zero attached hydrogens (tertiary/aromatic N) is 2. The van der Waals surface area contributed by atoms with Crippen molar-refractivity contribution in [1.29, 1.82) is 0 Å². The van der Waals surface area contributed by atoms with Gasteiger partial charge in [0, 0.05) is 32.5 Å². The van der Waals surface area contributed by atoms with Gasteiger partial charge in [-0.1, -0.05) is 0 Å². The topological polar surface area (TPSA) is 51.7 Å². The molecular weight excluding hydrogens is 232 g/mol. The fraction of sp³-hybridized carbons (Fsp3) is 0.538. The van der Waals surface area contributed by atoms with Gasteiger partial charge in [-0.3, -0.25) is 4.79 Å². The molecular formula is C13H18N2O3. The molecule has 0 bridgehead atoms. The predicted molar refractivity (Wildman–Crippen MR) is 66.7 cm³/mol. The fourth-order valence-corrected chi connectivity index (χ4v) is 2.02. The number of aromatic nitrogens is 1. The molecule has 1 fully saturated rings. The van der Waals surface area contributed by atoms with Crippen LogP contribution in [0, 0.1) is 0 Å². The van der Waals surface area contributed by atoms with Gasteiger partial charge in [0.05, 0.1) is 18.8 Å². The molecule has 0 aromatic carbocycles. The van der Waals surface area contributed by atoms with Gasteiger partial charge in [-0.15, -0.1) is 0 Å². The van der Waals surface area contributed by atoms with Crippen molar-refractivity contribution in [3.63, 3.8) is 0 Å². The summed E-state index contributed by atoms with van der Waals surface area (Å²) in [5.74, 6) is 0.467. The molecule has 5 heteroatoms. The first-order valence-corrected chi connectivity index (χ1v) is 6.08. The molecule has 1 amide bonds. The van der Waals surface area contributed by atoms with E-state index in [0.29, 0.717) is 18.0 Å². The van der Waals surface area contributed by atoms with Crippen LogP contribution in [-0.4, -0.2) is 49.2 Å². The highest BCUT2D eigenvalue weighted by molar-refractivity contribution is 5.93. The van der Waals surface area contributed by atoms with Crippen LogP contribution in [0.15, 0.2) is 18.3 Å². The molecule has 0 aliphatic carbocycles. The lowest BCUT2D eigenvalue weighted by molar-refractivity contribution is 0.0586. The molecule has 1 atom stereocenters. The lowest BCUT2D eigenvalue weighted by Gasteiger charge is -2.20. The lowest BCUT2D eigenvalue weighted by atomic mass is 10.2. The molecule has 1 aliphatic heterocycles. The summed E-state index contributed by atoms with van der Waals surface area (Å²) in [5.41, 5.74) is 0.566. The Labute approximate surface area is 107 Å². The standard InChI is InChI=1S/C13H18N2O3/c1-15(9-11-4-3-7-18-11)13(16)10-5-6-12(17-2)14-8-10/h5-6,8,11H,3-4,7,9H2,1-2H3. The van der Waals surface area contributed by atoms with Crippen LogP contribution in [0.4, 0.5) is 0 Å². The molecule has 1 unspecified atom stereocenters. The second kappa shape index (κ2) is 5.82. The van der Waals surface area contributed by atoms with Crippen LogP contribution in [0.3, 0.4) is 0 Å². The van der Waals surface area contributed by atoms with Crippen molar-refractivity contribution >= 4 is 5.91 Å². The Kier molecular flexibility index (Phi) is 4.15. The van der Waals surface area contributed by atoms with E-state index < -0.39 is 0 Å². The Morgan fingerprint density at radius 1 is 1.61 bits per heavy atom. The van der Waals surface area contributed by atoms with Crippen molar-refractivity contribution < 1.29 is 14.3 Å². The number of carbonyl (C=O) groups is 1. The van der Waals surface area contributed by atoms with Gasteiger partial charge in [0.25, 0.3) is 5.91 Å². The largest absolute Gasteiger partial charge is 0.481 e. The summed E-state index contributed by atoms with van der Waals surface area (Å²) >= 11 is 0. The monoisotopic (exact) mass is 250 g/mol. The van der Waals surface area contributed by atoms with Crippen LogP contribution >= 0.6 is 0 Å². The third-order valence-corrected chi connectivity index (χ3v) is 3.04. The van der Waals surface area contributed by atoms with Crippen molar-refractivity contribution in [1.82, 2.24) is 9.88 Å². The smallest absolute Gasteiger partial charge is 0.255 e. The van der Waals surface area contributed by atoms with Crippen molar-refractivity contribution in [2.24, 2.45) is 0 Å². The summed E-state index contributed by atoms with van der Waals surface area (Å²) in [6, 6.07) is 3.41. The van der Waals surface area contributed by atoms with E-state index in [1.807, 2.05) is 0 Å². The first-order valence-electron chi connectivity index (χ1n) is 6.08. The number of pyridine rings is 1. The lowest BCUT2D eigenvalue weighted by Crippen LogP contribution is -2.34. The van der Waals surface area contributed by atoms with Crippen LogP contribution in [0.1, 0.15) is 23.2 Å². The van der Waals surface area contributed by atoms with E-state index in [4.69, 9.17) is 9.47 Å².